The van der Waals surface area contributed by atoms with Crippen molar-refractivity contribution in [1.82, 2.24) is 5.01 Å². The van der Waals surface area contributed by atoms with Gasteiger partial charge in [0.25, 0.3) is 6.23 Å². The van der Waals surface area contributed by atoms with Crippen LogP contribution >= 0.6 is 39.1 Å². The largest absolute Gasteiger partial charge is 0.461 e. The summed E-state index contributed by atoms with van der Waals surface area (Å²) < 4.78 is 7.04. The van der Waals surface area contributed by atoms with Crippen LogP contribution < -0.4 is 4.74 Å². The number of carbonyl (C=O) groups excluding carboxylic acids is 1. The van der Waals surface area contributed by atoms with Crippen molar-refractivity contribution in [3.8, 4) is 5.75 Å². The average molecular weight is 502 g/mol. The number of hydrazone groups is 1. The topological polar surface area (TPSA) is 41.9 Å². The molecule has 0 radical (unpaired) electrons. The average Bonchev–Trinajstić information content (AvgIpc) is 3.19. The Morgan fingerprint density at radius 2 is 1.70 bits per heavy atom. The number of fused-ring (bicyclic) bond motifs is 3. The third kappa shape index (κ3) is 3.51. The van der Waals surface area contributed by atoms with Crippen molar-refractivity contribution in [2.75, 3.05) is 0 Å². The summed E-state index contributed by atoms with van der Waals surface area (Å²) in [5, 5.41) is 7.84. The quantitative estimate of drug-likeness (QED) is 0.384. The van der Waals surface area contributed by atoms with Crippen LogP contribution in [0, 0.1) is 0 Å². The van der Waals surface area contributed by atoms with Crippen molar-refractivity contribution >= 4 is 50.6 Å². The van der Waals surface area contributed by atoms with Gasteiger partial charge in [-0.1, -0.05) is 63.4 Å². The monoisotopic (exact) mass is 500 g/mol. The predicted molar refractivity (Wildman–Crippen MR) is 122 cm³/mol. The van der Waals surface area contributed by atoms with E-state index in [2.05, 4.69) is 15.9 Å². The van der Waals surface area contributed by atoms with Gasteiger partial charge in [-0.15, -0.1) is 0 Å². The second-order valence-corrected chi connectivity index (χ2v) is 8.97. The zero-order valence-electron chi connectivity index (χ0n) is 15.6. The molecule has 0 amide bonds. The van der Waals surface area contributed by atoms with Crippen molar-refractivity contribution in [3.63, 3.8) is 0 Å². The number of Topliss-reactive ketones (excluding diaryl/α,β-unsaturated/α-hetero) is 1. The normalized spacial score (nSPS) is 19.6. The molecule has 30 heavy (non-hydrogen) atoms. The minimum Gasteiger partial charge on any atom is -0.461 e. The number of ether oxygens (including phenoxy) is 1. The van der Waals surface area contributed by atoms with Gasteiger partial charge < -0.3 is 4.74 Å². The molecule has 0 saturated carbocycles. The molecule has 2 atom stereocenters. The molecule has 0 N–H and O–H groups in total. The van der Waals surface area contributed by atoms with Crippen molar-refractivity contribution < 1.29 is 9.53 Å². The summed E-state index contributed by atoms with van der Waals surface area (Å²) in [7, 11) is 0. The lowest BCUT2D eigenvalue weighted by Crippen LogP contribution is -2.45. The molecule has 0 unspecified atom stereocenters. The summed E-state index contributed by atoms with van der Waals surface area (Å²) in [6.07, 6.45) is -0.211. The van der Waals surface area contributed by atoms with E-state index in [0.29, 0.717) is 27.8 Å². The van der Waals surface area contributed by atoms with Gasteiger partial charge in [-0.2, -0.15) is 5.10 Å². The number of carbonyl (C=O) groups is 1. The third-order valence-electron chi connectivity index (χ3n) is 5.28. The predicted octanol–water partition coefficient (Wildman–Crippen LogP) is 6.51. The Morgan fingerprint density at radius 1 is 1.00 bits per heavy atom. The van der Waals surface area contributed by atoms with Crippen LogP contribution in [0.3, 0.4) is 0 Å². The molecule has 0 spiro atoms. The Kier molecular flexibility index (Phi) is 5.05. The maximum Gasteiger partial charge on any atom is 0.251 e. The van der Waals surface area contributed by atoms with E-state index in [1.165, 1.54) is 0 Å². The summed E-state index contributed by atoms with van der Waals surface area (Å²) in [6, 6.07) is 20.1. The molecule has 2 aliphatic rings. The van der Waals surface area contributed by atoms with Crippen molar-refractivity contribution in [2.45, 2.75) is 18.7 Å². The molecule has 3 aromatic rings. The molecule has 7 heteroatoms. The number of nitrogens with zero attached hydrogens (tertiary/aromatic N) is 2. The first kappa shape index (κ1) is 19.6. The van der Waals surface area contributed by atoms with Crippen LogP contribution in [0.25, 0.3) is 0 Å². The van der Waals surface area contributed by atoms with Crippen molar-refractivity contribution in [2.24, 2.45) is 5.10 Å². The van der Waals surface area contributed by atoms with E-state index >= 15 is 0 Å². The Hall–Kier alpha value is -2.34. The van der Waals surface area contributed by atoms with Crippen LogP contribution in [0.15, 0.2) is 76.3 Å². The minimum absolute atomic E-state index is 0.137. The molecule has 0 aliphatic carbocycles. The maximum absolute atomic E-state index is 13.3. The molecule has 0 bridgehead atoms. The third-order valence-corrected chi connectivity index (χ3v) is 6.30. The first-order chi connectivity index (χ1) is 14.5. The van der Waals surface area contributed by atoms with Crippen LogP contribution in [0.1, 0.15) is 33.9 Å². The number of ketones is 1. The highest BCUT2D eigenvalue weighted by atomic mass is 79.9. The highest BCUT2D eigenvalue weighted by Gasteiger charge is 2.43. The number of hydrogen-bond donors (Lipinski definition) is 0. The fourth-order valence-electron chi connectivity index (χ4n) is 3.80. The molecule has 2 aliphatic heterocycles. The zero-order valence-corrected chi connectivity index (χ0v) is 18.7. The standard InChI is InChI=1S/C23H15BrCl2N2O2/c24-15-5-1-14(2-6-15)22(29)23-28-20(18-11-17(26)9-10-21(18)30-23)12-19(27-28)13-3-7-16(25)8-4-13/h1-11,20,23H,12H2/t20-,23+/m1/s1. The van der Waals surface area contributed by atoms with E-state index < -0.39 is 6.23 Å². The van der Waals surface area contributed by atoms with Crippen LogP contribution in [-0.2, 0) is 0 Å². The van der Waals surface area contributed by atoms with E-state index in [-0.39, 0.29) is 11.8 Å². The molecular weight excluding hydrogens is 487 g/mol. The molecule has 150 valence electrons. The Labute approximate surface area is 192 Å². The van der Waals surface area contributed by atoms with E-state index in [0.717, 1.165) is 21.3 Å². The van der Waals surface area contributed by atoms with Gasteiger partial charge >= 0.3 is 0 Å². The molecule has 4 nitrogen and oxygen atoms in total. The molecule has 0 aromatic heterocycles. The lowest BCUT2D eigenvalue weighted by Gasteiger charge is -2.37. The molecule has 3 aromatic carbocycles. The van der Waals surface area contributed by atoms with Gasteiger partial charge in [0.2, 0.25) is 5.78 Å². The summed E-state index contributed by atoms with van der Waals surface area (Å²) in [5.74, 6) is 0.512. The fourth-order valence-corrected chi connectivity index (χ4v) is 4.38. The number of halogens is 3. The maximum atomic E-state index is 13.3. The Morgan fingerprint density at radius 3 is 2.43 bits per heavy atom. The smallest absolute Gasteiger partial charge is 0.251 e. The summed E-state index contributed by atoms with van der Waals surface area (Å²) in [5.41, 5.74) is 3.33. The number of hydrogen-bond acceptors (Lipinski definition) is 4. The molecule has 2 heterocycles. The van der Waals surface area contributed by atoms with E-state index in [4.69, 9.17) is 33.0 Å². The van der Waals surface area contributed by atoms with Gasteiger partial charge in [-0.25, -0.2) is 5.01 Å². The van der Waals surface area contributed by atoms with Gasteiger partial charge in [0.05, 0.1) is 11.8 Å². The van der Waals surface area contributed by atoms with E-state index in [9.17, 15) is 4.79 Å². The van der Waals surface area contributed by atoms with Gasteiger partial charge in [-0.3, -0.25) is 4.79 Å². The van der Waals surface area contributed by atoms with Crippen molar-refractivity contribution in [1.29, 1.82) is 0 Å². The summed E-state index contributed by atoms with van der Waals surface area (Å²) >= 11 is 15.7. The van der Waals surface area contributed by atoms with E-state index in [1.807, 2.05) is 48.5 Å². The van der Waals surface area contributed by atoms with Gasteiger partial charge in [0.1, 0.15) is 5.75 Å². The highest BCUT2D eigenvalue weighted by Crippen LogP contribution is 2.44. The molecule has 5 rings (SSSR count). The van der Waals surface area contributed by atoms with Gasteiger partial charge in [0.15, 0.2) is 0 Å². The van der Waals surface area contributed by atoms with Crippen LogP contribution in [0.2, 0.25) is 10.0 Å². The first-order valence-corrected chi connectivity index (χ1v) is 10.9. The second-order valence-electron chi connectivity index (χ2n) is 7.18. The second kappa shape index (κ2) is 7.73. The number of benzene rings is 3. The SMILES string of the molecule is O=C(c1ccc(Br)cc1)[C@@H]1Oc2ccc(Cl)cc2[C@H]2CC(c3ccc(Cl)cc3)=NN21. The van der Waals surface area contributed by atoms with Crippen molar-refractivity contribution in [3.05, 3.63) is 97.9 Å². The summed E-state index contributed by atoms with van der Waals surface area (Å²) in [4.78, 5) is 13.3. The first-order valence-electron chi connectivity index (χ1n) is 9.37. The minimum atomic E-state index is -0.852. The summed E-state index contributed by atoms with van der Waals surface area (Å²) in [6.45, 7) is 0. The fraction of sp³-hybridized carbons (Fsp3) is 0.130. The Balaban J connectivity index is 1.57. The van der Waals surface area contributed by atoms with Gasteiger partial charge in [-0.05, 0) is 48.0 Å². The molecule has 0 fully saturated rings. The molecular formula is C23H15BrCl2N2O2. The van der Waals surface area contributed by atoms with Crippen LogP contribution in [0.4, 0.5) is 0 Å². The van der Waals surface area contributed by atoms with Gasteiger partial charge in [0, 0.05) is 32.1 Å². The lowest BCUT2D eigenvalue weighted by atomic mass is 9.96. The van der Waals surface area contributed by atoms with Crippen LogP contribution in [-0.4, -0.2) is 22.7 Å². The Bertz CT molecular complexity index is 1160. The zero-order chi connectivity index (χ0) is 20.8. The highest BCUT2D eigenvalue weighted by molar-refractivity contribution is 9.10. The number of rotatable bonds is 3. The van der Waals surface area contributed by atoms with E-state index in [1.54, 1.807) is 23.2 Å². The lowest BCUT2D eigenvalue weighted by molar-refractivity contribution is -0.00455. The van der Waals surface area contributed by atoms with Crippen LogP contribution in [0.5, 0.6) is 5.75 Å². The molecule has 0 saturated heterocycles.